The Balaban J connectivity index is 2.69. The van der Waals surface area contributed by atoms with E-state index in [4.69, 9.17) is 4.74 Å². The Morgan fingerprint density at radius 1 is 1.35 bits per heavy atom. The summed E-state index contributed by atoms with van der Waals surface area (Å²) in [5.41, 5.74) is 1.09. The van der Waals surface area contributed by atoms with Gasteiger partial charge in [-0.3, -0.25) is 0 Å². The molecule has 0 saturated heterocycles. The summed E-state index contributed by atoms with van der Waals surface area (Å²) in [4.78, 5) is 0. The molecule has 0 unspecified atom stereocenters. The largest absolute Gasteiger partial charge is 0.491 e. The molecule has 3 nitrogen and oxygen atoms in total. The Labute approximate surface area is 111 Å². The van der Waals surface area contributed by atoms with E-state index < -0.39 is 0 Å². The molecule has 1 atom stereocenters. The van der Waals surface area contributed by atoms with Crippen LogP contribution in [-0.2, 0) is 6.54 Å². The van der Waals surface area contributed by atoms with Gasteiger partial charge in [-0.15, -0.1) is 0 Å². The molecule has 1 aromatic carbocycles. The van der Waals surface area contributed by atoms with Crippen molar-refractivity contribution in [2.45, 2.75) is 39.5 Å². The van der Waals surface area contributed by atoms with Crippen molar-refractivity contribution in [2.75, 3.05) is 6.54 Å². The Morgan fingerprint density at radius 3 is 2.65 bits per heavy atom. The van der Waals surface area contributed by atoms with Crippen molar-refractivity contribution in [3.63, 3.8) is 0 Å². The maximum Gasteiger partial charge on any atom is 0.124 e. The fourth-order valence-electron chi connectivity index (χ4n) is 1.47. The Bertz CT molecular complexity index is 353. The SMILES string of the molecule is CC(C)Oc1ccc(Br)cc1CNC[C@@H](C)O. The Kier molecular flexibility index (Phi) is 5.95. The summed E-state index contributed by atoms with van der Waals surface area (Å²) in [6.45, 7) is 7.05. The maximum absolute atomic E-state index is 9.20. The number of hydrogen-bond donors (Lipinski definition) is 2. The lowest BCUT2D eigenvalue weighted by atomic mass is 10.2. The summed E-state index contributed by atoms with van der Waals surface area (Å²) in [5, 5.41) is 12.4. The smallest absolute Gasteiger partial charge is 0.124 e. The van der Waals surface area contributed by atoms with Crippen LogP contribution in [0.2, 0.25) is 0 Å². The van der Waals surface area contributed by atoms with Crippen LogP contribution in [0.3, 0.4) is 0 Å². The molecule has 1 aromatic rings. The van der Waals surface area contributed by atoms with Gasteiger partial charge in [0.1, 0.15) is 5.75 Å². The van der Waals surface area contributed by atoms with Gasteiger partial charge in [0.2, 0.25) is 0 Å². The van der Waals surface area contributed by atoms with Gasteiger partial charge in [0.25, 0.3) is 0 Å². The fourth-order valence-corrected chi connectivity index (χ4v) is 1.88. The second-order valence-electron chi connectivity index (χ2n) is 4.40. The highest BCUT2D eigenvalue weighted by molar-refractivity contribution is 9.10. The molecule has 0 aliphatic rings. The summed E-state index contributed by atoms with van der Waals surface area (Å²) < 4.78 is 6.76. The molecule has 0 radical (unpaired) electrons. The highest BCUT2D eigenvalue weighted by atomic mass is 79.9. The lowest BCUT2D eigenvalue weighted by Gasteiger charge is -2.15. The molecule has 96 valence electrons. The summed E-state index contributed by atoms with van der Waals surface area (Å²) in [6.07, 6.45) is -0.177. The number of rotatable bonds is 6. The van der Waals surface area contributed by atoms with Crippen LogP contribution >= 0.6 is 15.9 Å². The molecule has 2 N–H and O–H groups in total. The number of nitrogens with one attached hydrogen (secondary N) is 1. The van der Waals surface area contributed by atoms with Gasteiger partial charge in [-0.1, -0.05) is 15.9 Å². The van der Waals surface area contributed by atoms with Crippen LogP contribution in [0.5, 0.6) is 5.75 Å². The van der Waals surface area contributed by atoms with Gasteiger partial charge in [0, 0.05) is 23.1 Å². The zero-order chi connectivity index (χ0) is 12.8. The van der Waals surface area contributed by atoms with Gasteiger partial charge in [0.05, 0.1) is 12.2 Å². The summed E-state index contributed by atoms with van der Waals surface area (Å²) in [6, 6.07) is 5.96. The third-order valence-corrected chi connectivity index (χ3v) is 2.63. The number of aliphatic hydroxyl groups is 1. The van der Waals surface area contributed by atoms with E-state index in [-0.39, 0.29) is 12.2 Å². The molecule has 0 aromatic heterocycles. The van der Waals surface area contributed by atoms with Gasteiger partial charge < -0.3 is 15.2 Å². The van der Waals surface area contributed by atoms with Crippen LogP contribution in [0.4, 0.5) is 0 Å². The predicted molar refractivity (Wildman–Crippen MR) is 73.3 cm³/mol. The van der Waals surface area contributed by atoms with E-state index in [1.165, 1.54) is 0 Å². The average Bonchev–Trinajstić information content (AvgIpc) is 2.21. The first-order valence-electron chi connectivity index (χ1n) is 5.83. The van der Waals surface area contributed by atoms with E-state index in [0.717, 1.165) is 15.8 Å². The van der Waals surface area contributed by atoms with E-state index >= 15 is 0 Å². The van der Waals surface area contributed by atoms with Crippen LogP contribution in [0.25, 0.3) is 0 Å². The highest BCUT2D eigenvalue weighted by Crippen LogP contribution is 2.24. The third-order valence-electron chi connectivity index (χ3n) is 2.14. The molecular formula is C13H20BrNO2. The van der Waals surface area contributed by atoms with Gasteiger partial charge in [0.15, 0.2) is 0 Å². The third kappa shape index (κ3) is 5.52. The minimum Gasteiger partial charge on any atom is -0.491 e. The van der Waals surface area contributed by atoms with Gasteiger partial charge in [-0.25, -0.2) is 0 Å². The Hall–Kier alpha value is -0.580. The van der Waals surface area contributed by atoms with Crippen molar-refractivity contribution in [3.05, 3.63) is 28.2 Å². The van der Waals surface area contributed by atoms with E-state index in [1.807, 2.05) is 32.0 Å². The van der Waals surface area contributed by atoms with Crippen molar-refractivity contribution in [1.29, 1.82) is 0 Å². The van der Waals surface area contributed by atoms with E-state index in [9.17, 15) is 5.11 Å². The molecule has 0 aliphatic heterocycles. The van der Waals surface area contributed by atoms with Crippen LogP contribution in [0, 0.1) is 0 Å². The normalized spacial score (nSPS) is 12.8. The molecular weight excluding hydrogens is 282 g/mol. The summed E-state index contributed by atoms with van der Waals surface area (Å²) >= 11 is 3.45. The Morgan fingerprint density at radius 2 is 2.06 bits per heavy atom. The zero-order valence-corrected chi connectivity index (χ0v) is 12.1. The molecule has 1 rings (SSSR count). The second-order valence-corrected chi connectivity index (χ2v) is 5.31. The van der Waals surface area contributed by atoms with Crippen molar-refractivity contribution < 1.29 is 9.84 Å². The number of halogens is 1. The van der Waals surface area contributed by atoms with Crippen LogP contribution < -0.4 is 10.1 Å². The number of benzene rings is 1. The molecule has 0 amide bonds. The van der Waals surface area contributed by atoms with Crippen molar-refractivity contribution in [3.8, 4) is 5.75 Å². The standard InChI is InChI=1S/C13H20BrNO2/c1-9(2)17-13-5-4-12(14)6-11(13)8-15-7-10(3)16/h4-6,9-10,15-16H,7-8H2,1-3H3/t10-/m1/s1. The molecule has 0 saturated carbocycles. The van der Waals surface area contributed by atoms with Gasteiger partial charge in [-0.2, -0.15) is 0 Å². The predicted octanol–water partition coefficient (Wildman–Crippen LogP) is 2.71. The van der Waals surface area contributed by atoms with Crippen molar-refractivity contribution in [2.24, 2.45) is 0 Å². The number of ether oxygens (including phenoxy) is 1. The molecule has 0 spiro atoms. The maximum atomic E-state index is 9.20. The fraction of sp³-hybridized carbons (Fsp3) is 0.538. The topological polar surface area (TPSA) is 41.5 Å². The second kappa shape index (κ2) is 6.99. The number of hydrogen-bond acceptors (Lipinski definition) is 3. The molecule has 0 heterocycles. The summed E-state index contributed by atoms with van der Waals surface area (Å²) in [7, 11) is 0. The molecule has 0 bridgehead atoms. The zero-order valence-electron chi connectivity index (χ0n) is 10.5. The number of aliphatic hydroxyl groups excluding tert-OH is 1. The summed E-state index contributed by atoms with van der Waals surface area (Å²) in [5.74, 6) is 0.890. The monoisotopic (exact) mass is 301 g/mol. The average molecular weight is 302 g/mol. The molecule has 0 fully saturated rings. The highest BCUT2D eigenvalue weighted by Gasteiger charge is 2.06. The first-order valence-corrected chi connectivity index (χ1v) is 6.62. The van der Waals surface area contributed by atoms with E-state index in [0.29, 0.717) is 13.1 Å². The van der Waals surface area contributed by atoms with Crippen LogP contribution in [0.15, 0.2) is 22.7 Å². The van der Waals surface area contributed by atoms with Crippen molar-refractivity contribution >= 4 is 15.9 Å². The van der Waals surface area contributed by atoms with Crippen molar-refractivity contribution in [1.82, 2.24) is 5.32 Å². The minimum atomic E-state index is -0.336. The molecule has 0 aliphatic carbocycles. The van der Waals surface area contributed by atoms with Crippen LogP contribution in [-0.4, -0.2) is 23.9 Å². The van der Waals surface area contributed by atoms with Gasteiger partial charge >= 0.3 is 0 Å². The minimum absolute atomic E-state index is 0.159. The molecule has 17 heavy (non-hydrogen) atoms. The van der Waals surface area contributed by atoms with E-state index in [2.05, 4.69) is 21.2 Å². The molecule has 4 heteroatoms. The van der Waals surface area contributed by atoms with Gasteiger partial charge in [-0.05, 0) is 39.0 Å². The lowest BCUT2D eigenvalue weighted by molar-refractivity contribution is 0.190. The lowest BCUT2D eigenvalue weighted by Crippen LogP contribution is -2.24. The quantitative estimate of drug-likeness (QED) is 0.849. The van der Waals surface area contributed by atoms with E-state index in [1.54, 1.807) is 6.92 Å². The first kappa shape index (κ1) is 14.5. The first-order chi connectivity index (χ1) is 7.99. The van der Waals surface area contributed by atoms with Crippen LogP contribution in [0.1, 0.15) is 26.3 Å².